The highest BCUT2D eigenvalue weighted by Gasteiger charge is 2.88. The number of hydrogen-bond acceptors (Lipinski definition) is 5. The number of halogens is 1. The minimum atomic E-state index is -1.13. The third kappa shape index (κ3) is 1.84. The smallest absolute Gasteiger partial charge is 0.316 e. The van der Waals surface area contributed by atoms with Crippen molar-refractivity contribution in [1.82, 2.24) is 0 Å². The van der Waals surface area contributed by atoms with Crippen LogP contribution in [0.4, 0.5) is 5.69 Å². The number of esters is 1. The van der Waals surface area contributed by atoms with E-state index in [1.807, 2.05) is 25.1 Å². The van der Waals surface area contributed by atoms with Crippen molar-refractivity contribution in [2.75, 3.05) is 39.2 Å². The Bertz CT molecular complexity index is 907. The molecule has 7 heteroatoms. The second-order valence-corrected chi connectivity index (χ2v) is 9.16. The fourth-order valence-electron chi connectivity index (χ4n) is 7.70. The highest BCUT2D eigenvalue weighted by atomic mass is 35.5. The number of hydrogen-bond donors (Lipinski definition) is 3. The lowest BCUT2D eigenvalue weighted by Gasteiger charge is -2.58. The fourth-order valence-corrected chi connectivity index (χ4v) is 7.70. The van der Waals surface area contributed by atoms with Gasteiger partial charge in [0.05, 0.1) is 32.7 Å². The molecule has 3 saturated heterocycles. The molecule has 1 aromatic rings. The van der Waals surface area contributed by atoms with Crippen LogP contribution in [0.3, 0.4) is 0 Å². The summed E-state index contributed by atoms with van der Waals surface area (Å²) < 4.78 is 5.98. The lowest BCUT2D eigenvalue weighted by Crippen LogP contribution is -3.00. The van der Waals surface area contributed by atoms with E-state index in [9.17, 15) is 15.0 Å². The third-order valence-electron chi connectivity index (χ3n) is 8.64. The highest BCUT2D eigenvalue weighted by Crippen LogP contribution is 2.74. The number of ether oxygens (including phenoxy) is 1. The molecule has 6 rings (SSSR count). The van der Waals surface area contributed by atoms with Crippen LogP contribution >= 0.6 is 0 Å². The number of fused-ring (bicyclic) bond motifs is 3. The highest BCUT2D eigenvalue weighted by molar-refractivity contribution is 5.85. The fraction of sp³-hybridized carbons (Fsp3) is 0.591. The van der Waals surface area contributed by atoms with Gasteiger partial charge in [0, 0.05) is 18.0 Å². The Kier molecular flexibility index (Phi) is 4.42. The summed E-state index contributed by atoms with van der Waals surface area (Å²) in [6, 6.07) is 8.04. The Labute approximate surface area is 177 Å². The lowest BCUT2D eigenvalue weighted by atomic mass is 9.45. The standard InChI is InChI=1S/C22H29N2O4.ClH/c1-4-14-12-24(2)10-9-21-15-7-5-6-8-17(15)23-22(21,24)18(26)11-16(14)20(21,13-25)19(27)28-3;/h4-8,16,18,23,25-26H,9-13H2,1-3H3;1H/q+1;/p-1/t16-,18?,20-,21-,22-,24?;/m0./s1. The van der Waals surface area contributed by atoms with E-state index in [-0.39, 0.29) is 30.9 Å². The normalized spacial score (nSPS) is 45.1. The van der Waals surface area contributed by atoms with Crippen LogP contribution in [0.2, 0.25) is 0 Å². The maximum Gasteiger partial charge on any atom is 0.316 e. The zero-order chi connectivity index (χ0) is 19.9. The van der Waals surface area contributed by atoms with Gasteiger partial charge in [-0.25, -0.2) is 0 Å². The molecule has 0 radical (unpaired) electrons. The molecule has 1 aliphatic carbocycles. The largest absolute Gasteiger partial charge is 1.00 e. The number of aliphatic hydroxyl groups excluding tert-OH is 2. The van der Waals surface area contributed by atoms with Gasteiger partial charge in [-0.1, -0.05) is 24.3 Å². The van der Waals surface area contributed by atoms with Gasteiger partial charge in [-0.2, -0.15) is 0 Å². The summed E-state index contributed by atoms with van der Waals surface area (Å²) in [6.07, 6.45) is 2.59. The topological polar surface area (TPSA) is 78.8 Å². The second kappa shape index (κ2) is 6.20. The van der Waals surface area contributed by atoms with E-state index in [0.29, 0.717) is 17.3 Å². The van der Waals surface area contributed by atoms with E-state index in [0.717, 1.165) is 29.9 Å². The number of para-hydroxylation sites is 1. The van der Waals surface area contributed by atoms with Gasteiger partial charge in [0.1, 0.15) is 18.1 Å². The van der Waals surface area contributed by atoms with Gasteiger partial charge in [0.25, 0.3) is 0 Å². The maximum atomic E-state index is 13.5. The molecule has 2 unspecified atom stereocenters. The summed E-state index contributed by atoms with van der Waals surface area (Å²) in [5, 5.41) is 26.2. The molecular formula is C22H29ClN2O4. The Hall–Kier alpha value is -1.60. The molecule has 1 saturated carbocycles. The number of methoxy groups -OCH3 is 1. The molecule has 3 N–H and O–H groups in total. The Balaban J connectivity index is 0.00000205. The van der Waals surface area contributed by atoms with Gasteiger partial charge in [-0.05, 0) is 30.5 Å². The molecule has 6 atom stereocenters. The van der Waals surface area contributed by atoms with Crippen molar-refractivity contribution in [1.29, 1.82) is 0 Å². The quantitative estimate of drug-likeness (QED) is 0.305. The number of likely N-dealkylation sites (N-methyl/N-ethyl adjacent to an activating group) is 1. The second-order valence-electron chi connectivity index (χ2n) is 9.16. The predicted molar refractivity (Wildman–Crippen MR) is 104 cm³/mol. The minimum absolute atomic E-state index is 0. The van der Waals surface area contributed by atoms with Crippen molar-refractivity contribution in [3.8, 4) is 0 Å². The SMILES string of the molecule is CC=C1C[N+]2(C)CC[C@@]34c5ccccc5N[C@]32C(O)C[C@@H]1[C@@]4(CO)C(=O)OC.[Cl-]. The first-order valence-electron chi connectivity index (χ1n) is 10.1. The van der Waals surface area contributed by atoms with Crippen molar-refractivity contribution in [3.05, 3.63) is 41.5 Å². The summed E-state index contributed by atoms with van der Waals surface area (Å²) in [6.45, 7) is 3.26. The number of carbonyl (C=O) groups excluding carboxylic acids is 1. The third-order valence-corrected chi connectivity index (χ3v) is 8.64. The van der Waals surface area contributed by atoms with E-state index in [2.05, 4.69) is 24.5 Å². The van der Waals surface area contributed by atoms with Crippen LogP contribution in [0, 0.1) is 11.3 Å². The Morgan fingerprint density at radius 1 is 1.41 bits per heavy atom. The van der Waals surface area contributed by atoms with Crippen LogP contribution in [0.5, 0.6) is 0 Å². The number of aliphatic hydroxyl groups is 2. The zero-order valence-corrected chi connectivity index (χ0v) is 17.9. The molecule has 4 bridgehead atoms. The van der Waals surface area contributed by atoms with Crippen molar-refractivity contribution >= 4 is 11.7 Å². The first kappa shape index (κ1) is 20.7. The zero-order valence-electron chi connectivity index (χ0n) is 17.1. The molecule has 4 fully saturated rings. The molecule has 158 valence electrons. The van der Waals surface area contributed by atoms with Gasteiger partial charge in [-0.3, -0.25) is 9.28 Å². The molecule has 29 heavy (non-hydrogen) atoms. The number of quaternary nitrogens is 1. The molecule has 0 aromatic heterocycles. The van der Waals surface area contributed by atoms with E-state index in [1.54, 1.807) is 0 Å². The van der Waals surface area contributed by atoms with Crippen LogP contribution < -0.4 is 17.7 Å². The molecule has 0 amide bonds. The molecule has 4 aliphatic heterocycles. The van der Waals surface area contributed by atoms with Crippen molar-refractivity contribution in [2.24, 2.45) is 11.3 Å². The van der Waals surface area contributed by atoms with Gasteiger partial charge in [-0.15, -0.1) is 0 Å². The first-order chi connectivity index (χ1) is 13.4. The van der Waals surface area contributed by atoms with Crippen LogP contribution in [0.25, 0.3) is 0 Å². The molecule has 5 aliphatic rings. The molecule has 6 nitrogen and oxygen atoms in total. The Morgan fingerprint density at radius 3 is 2.79 bits per heavy atom. The number of anilines is 1. The number of benzene rings is 1. The van der Waals surface area contributed by atoms with Crippen LogP contribution in [-0.4, -0.2) is 66.3 Å². The van der Waals surface area contributed by atoms with E-state index in [1.165, 1.54) is 7.11 Å². The lowest BCUT2D eigenvalue weighted by molar-refractivity contribution is -0.944. The number of nitrogens with zero attached hydrogens (tertiary/aromatic N) is 1. The average Bonchev–Trinajstić information content (AvgIpc) is 3.12. The average molecular weight is 421 g/mol. The van der Waals surface area contributed by atoms with Crippen LogP contribution in [0.1, 0.15) is 25.3 Å². The first-order valence-corrected chi connectivity index (χ1v) is 10.1. The molecule has 1 aromatic carbocycles. The minimum Gasteiger partial charge on any atom is -1.00 e. The molecular weight excluding hydrogens is 392 g/mol. The van der Waals surface area contributed by atoms with E-state index >= 15 is 0 Å². The summed E-state index contributed by atoms with van der Waals surface area (Å²) in [5.41, 5.74) is 0.476. The number of carbonyl (C=O) groups is 1. The summed E-state index contributed by atoms with van der Waals surface area (Å²) in [7, 11) is 3.59. The monoisotopic (exact) mass is 420 g/mol. The van der Waals surface area contributed by atoms with Crippen molar-refractivity contribution in [2.45, 2.75) is 36.9 Å². The van der Waals surface area contributed by atoms with E-state index < -0.39 is 22.6 Å². The summed E-state index contributed by atoms with van der Waals surface area (Å²) in [4.78, 5) is 13.5. The van der Waals surface area contributed by atoms with E-state index in [4.69, 9.17) is 4.74 Å². The van der Waals surface area contributed by atoms with Crippen LogP contribution in [-0.2, 0) is 14.9 Å². The van der Waals surface area contributed by atoms with Crippen molar-refractivity contribution < 1.29 is 36.6 Å². The summed E-state index contributed by atoms with van der Waals surface area (Å²) in [5.74, 6) is -0.629. The Morgan fingerprint density at radius 2 is 2.14 bits per heavy atom. The predicted octanol–water partition coefficient (Wildman–Crippen LogP) is -1.61. The van der Waals surface area contributed by atoms with Crippen molar-refractivity contribution in [3.63, 3.8) is 0 Å². The molecule has 1 spiro atoms. The summed E-state index contributed by atoms with van der Waals surface area (Å²) >= 11 is 0. The number of rotatable bonds is 2. The number of nitrogens with one attached hydrogen (secondary N) is 1. The van der Waals surface area contributed by atoms with Gasteiger partial charge < -0.3 is 32.7 Å². The maximum absolute atomic E-state index is 13.5. The van der Waals surface area contributed by atoms with Gasteiger partial charge in [0.2, 0.25) is 5.66 Å². The van der Waals surface area contributed by atoms with Crippen LogP contribution in [0.15, 0.2) is 35.9 Å². The number of allylic oxidation sites excluding steroid dienone is 1. The molecule has 4 heterocycles. The van der Waals surface area contributed by atoms with Gasteiger partial charge >= 0.3 is 5.97 Å². The van der Waals surface area contributed by atoms with Gasteiger partial charge in [0.15, 0.2) is 0 Å².